The zero-order valence-corrected chi connectivity index (χ0v) is 20.7. The minimum Gasteiger partial charge on any atom is -0.456 e. The normalized spacial score (nSPS) is 21.5. The molecule has 1 unspecified atom stereocenters. The van der Waals surface area contributed by atoms with E-state index in [1.54, 1.807) is 51.1 Å². The van der Waals surface area contributed by atoms with Crippen molar-refractivity contribution in [2.24, 2.45) is 4.40 Å². The average Bonchev–Trinajstić information content (AvgIpc) is 2.83. The number of nitrogens with zero attached hydrogens (tertiary/aromatic N) is 1. The Labute approximate surface area is 205 Å². The van der Waals surface area contributed by atoms with Gasteiger partial charge in [-0.2, -0.15) is 0 Å². The van der Waals surface area contributed by atoms with Crippen molar-refractivity contribution in [1.29, 1.82) is 0 Å². The summed E-state index contributed by atoms with van der Waals surface area (Å²) in [4.78, 5) is 0. The zero-order chi connectivity index (χ0) is 25.3. The number of aliphatic hydroxyl groups is 1. The molecule has 0 bridgehead atoms. The molecule has 3 aromatic rings. The van der Waals surface area contributed by atoms with E-state index in [0.29, 0.717) is 5.56 Å². The second kappa shape index (κ2) is 9.43. The van der Waals surface area contributed by atoms with Gasteiger partial charge in [-0.1, -0.05) is 72.8 Å². The fourth-order valence-corrected chi connectivity index (χ4v) is 5.96. The van der Waals surface area contributed by atoms with Crippen LogP contribution in [0.25, 0.3) is 11.1 Å². The van der Waals surface area contributed by atoms with Gasteiger partial charge >= 0.3 is 6.02 Å². The average molecular weight is 497 g/mol. The molecule has 1 heterocycles. The van der Waals surface area contributed by atoms with E-state index < -0.39 is 32.2 Å². The Kier molecular flexibility index (Phi) is 6.71. The minimum atomic E-state index is -4.12. The first-order valence-electron chi connectivity index (χ1n) is 11.4. The molecule has 184 valence electrons. The number of sulfonamides is 1. The molecule has 0 fully saturated rings. The van der Waals surface area contributed by atoms with Gasteiger partial charge in [-0.3, -0.25) is 0 Å². The van der Waals surface area contributed by atoms with Gasteiger partial charge in [-0.15, -0.1) is 4.40 Å². The van der Waals surface area contributed by atoms with Crippen molar-refractivity contribution in [3.63, 3.8) is 0 Å². The van der Waals surface area contributed by atoms with Crippen molar-refractivity contribution in [2.75, 3.05) is 6.61 Å². The number of hydrogen-bond acceptors (Lipinski definition) is 5. The summed E-state index contributed by atoms with van der Waals surface area (Å²) in [7, 11) is -4.12. The summed E-state index contributed by atoms with van der Waals surface area (Å²) in [5.41, 5.74) is 1.61. The van der Waals surface area contributed by atoms with Gasteiger partial charge in [0.2, 0.25) is 0 Å². The van der Waals surface area contributed by atoms with Crippen LogP contribution in [0.1, 0.15) is 44.4 Å². The van der Waals surface area contributed by atoms with E-state index in [1.165, 1.54) is 6.07 Å². The van der Waals surface area contributed by atoms with Gasteiger partial charge in [0.1, 0.15) is 11.4 Å². The van der Waals surface area contributed by atoms with E-state index in [0.717, 1.165) is 11.1 Å². The molecular formula is C27H29FN2O4S. The lowest BCUT2D eigenvalue weighted by Gasteiger charge is -2.45. The van der Waals surface area contributed by atoms with Crippen LogP contribution >= 0.6 is 0 Å². The first kappa shape index (κ1) is 24.9. The number of benzene rings is 3. The minimum absolute atomic E-state index is 0.141. The van der Waals surface area contributed by atoms with E-state index in [4.69, 9.17) is 4.74 Å². The highest BCUT2D eigenvalue weighted by Crippen LogP contribution is 2.46. The van der Waals surface area contributed by atoms with Crippen molar-refractivity contribution in [3.8, 4) is 11.1 Å². The lowest BCUT2D eigenvalue weighted by atomic mass is 9.84. The number of amidine groups is 1. The highest BCUT2D eigenvalue weighted by Gasteiger charge is 2.58. The van der Waals surface area contributed by atoms with E-state index in [1.807, 2.05) is 42.5 Å². The highest BCUT2D eigenvalue weighted by atomic mass is 32.2. The van der Waals surface area contributed by atoms with E-state index in [9.17, 15) is 17.9 Å². The molecule has 0 aromatic heterocycles. The standard InChI is InChI=1S/C27H29FN2O4S/c1-26(2)27(3,21-15-13-20(14-16-21)19-9-5-4-6-10-19)35(32,33)30-25(34-26)29-24(17-18-31)22-11-7-8-12-23(22)28/h4-16,24,31H,17-18H2,1-3H3,(H,29,30)/t24-,27?/m0/s1. The predicted octanol–water partition coefficient (Wildman–Crippen LogP) is 4.92. The van der Waals surface area contributed by atoms with Gasteiger partial charge in [0, 0.05) is 12.2 Å². The molecule has 35 heavy (non-hydrogen) atoms. The van der Waals surface area contributed by atoms with E-state index in [2.05, 4.69) is 9.71 Å². The van der Waals surface area contributed by atoms with Gasteiger partial charge in [0.25, 0.3) is 10.0 Å². The summed E-state index contributed by atoms with van der Waals surface area (Å²) in [5, 5.41) is 12.4. The van der Waals surface area contributed by atoms with Crippen LogP contribution in [0.4, 0.5) is 4.39 Å². The van der Waals surface area contributed by atoms with Crippen LogP contribution in [0.15, 0.2) is 83.3 Å². The molecular weight excluding hydrogens is 467 g/mol. The van der Waals surface area contributed by atoms with Crippen molar-refractivity contribution in [1.82, 2.24) is 5.32 Å². The molecule has 2 atom stereocenters. The number of halogens is 1. The lowest BCUT2D eigenvalue weighted by molar-refractivity contribution is 0.0393. The summed E-state index contributed by atoms with van der Waals surface area (Å²) < 4.78 is 50.1. The van der Waals surface area contributed by atoms with Gasteiger partial charge in [0.05, 0.1) is 6.04 Å². The Balaban J connectivity index is 1.69. The third kappa shape index (κ3) is 4.56. The largest absolute Gasteiger partial charge is 0.456 e. The molecule has 2 N–H and O–H groups in total. The first-order valence-corrected chi connectivity index (χ1v) is 12.8. The highest BCUT2D eigenvalue weighted by molar-refractivity contribution is 7.91. The smallest absolute Gasteiger partial charge is 0.301 e. The number of rotatable bonds is 6. The maximum Gasteiger partial charge on any atom is 0.301 e. The Bertz CT molecular complexity index is 1320. The number of hydrogen-bond donors (Lipinski definition) is 2. The first-order chi connectivity index (χ1) is 16.6. The quantitative estimate of drug-likeness (QED) is 0.506. The molecule has 3 aromatic carbocycles. The predicted molar refractivity (Wildman–Crippen MR) is 135 cm³/mol. The summed E-state index contributed by atoms with van der Waals surface area (Å²) in [6, 6.07) is 22.3. The topological polar surface area (TPSA) is 88.0 Å². The zero-order valence-electron chi connectivity index (χ0n) is 19.9. The second-order valence-electron chi connectivity index (χ2n) is 9.19. The van der Waals surface area contributed by atoms with E-state index in [-0.39, 0.29) is 24.6 Å². The Hall–Kier alpha value is -3.23. The maximum atomic E-state index is 14.4. The van der Waals surface area contributed by atoms with Crippen LogP contribution in [-0.2, 0) is 19.5 Å². The fraction of sp³-hybridized carbons (Fsp3) is 0.296. The number of nitrogens with one attached hydrogen (secondary N) is 1. The summed E-state index contributed by atoms with van der Waals surface area (Å²) in [5.74, 6) is -0.472. The van der Waals surface area contributed by atoms with Gasteiger partial charge in [-0.25, -0.2) is 12.8 Å². The van der Waals surface area contributed by atoms with Crippen LogP contribution in [-0.4, -0.2) is 31.8 Å². The number of ether oxygens (including phenoxy) is 1. The Morgan fingerprint density at radius 1 is 0.943 bits per heavy atom. The molecule has 0 saturated carbocycles. The van der Waals surface area contributed by atoms with Crippen LogP contribution in [0.2, 0.25) is 0 Å². The molecule has 1 aliphatic heterocycles. The molecule has 0 spiro atoms. The van der Waals surface area contributed by atoms with Crippen molar-refractivity contribution in [2.45, 2.75) is 43.6 Å². The SMILES string of the molecule is CC1(C)OC(N[C@@H](CCO)c2ccccc2F)=NS(=O)(=O)C1(C)c1ccc(-c2ccccc2)cc1. The molecule has 0 amide bonds. The summed E-state index contributed by atoms with van der Waals surface area (Å²) in [6.45, 7) is 4.75. The van der Waals surface area contributed by atoms with Crippen LogP contribution in [0.5, 0.6) is 0 Å². The molecule has 0 aliphatic carbocycles. The summed E-state index contributed by atoms with van der Waals surface area (Å²) in [6.07, 6.45) is 0.141. The van der Waals surface area contributed by atoms with E-state index >= 15 is 0 Å². The third-order valence-corrected chi connectivity index (χ3v) is 8.92. The summed E-state index contributed by atoms with van der Waals surface area (Å²) >= 11 is 0. The monoisotopic (exact) mass is 496 g/mol. The Morgan fingerprint density at radius 3 is 2.14 bits per heavy atom. The molecule has 8 heteroatoms. The third-order valence-electron chi connectivity index (χ3n) is 6.76. The van der Waals surface area contributed by atoms with Crippen molar-refractivity contribution in [3.05, 3.63) is 95.8 Å². The van der Waals surface area contributed by atoms with Crippen LogP contribution in [0.3, 0.4) is 0 Å². The van der Waals surface area contributed by atoms with Crippen molar-refractivity contribution < 1.29 is 22.7 Å². The van der Waals surface area contributed by atoms with Crippen LogP contribution in [0, 0.1) is 5.82 Å². The van der Waals surface area contributed by atoms with Crippen LogP contribution < -0.4 is 5.32 Å². The maximum absolute atomic E-state index is 14.4. The Morgan fingerprint density at radius 2 is 1.54 bits per heavy atom. The molecule has 4 rings (SSSR count). The molecule has 1 aliphatic rings. The van der Waals surface area contributed by atoms with Gasteiger partial charge in [-0.05, 0) is 49.9 Å². The second-order valence-corrected chi connectivity index (χ2v) is 11.1. The molecule has 0 radical (unpaired) electrons. The lowest BCUT2D eigenvalue weighted by Crippen LogP contribution is -2.58. The van der Waals surface area contributed by atoms with Crippen molar-refractivity contribution >= 4 is 16.0 Å². The molecule has 0 saturated heterocycles. The fourth-order valence-electron chi connectivity index (χ4n) is 4.37. The molecule has 6 nitrogen and oxygen atoms in total. The van der Waals surface area contributed by atoms with Gasteiger partial charge < -0.3 is 15.2 Å². The number of aliphatic hydroxyl groups excluding tert-OH is 1. The van der Waals surface area contributed by atoms with Gasteiger partial charge in [0.15, 0.2) is 4.75 Å².